The van der Waals surface area contributed by atoms with Gasteiger partial charge in [-0.05, 0) is 23.8 Å². The second-order valence-electron chi connectivity index (χ2n) is 6.23. The van der Waals surface area contributed by atoms with Crippen LogP contribution >= 0.6 is 11.6 Å². The van der Waals surface area contributed by atoms with Gasteiger partial charge in [-0.2, -0.15) is 5.10 Å². The molecule has 1 aliphatic heterocycles. The van der Waals surface area contributed by atoms with Crippen LogP contribution in [0.15, 0.2) is 30.3 Å². The van der Waals surface area contributed by atoms with E-state index < -0.39 is 15.9 Å². The average molecular weight is 370 g/mol. The van der Waals surface area contributed by atoms with Crippen LogP contribution in [0.3, 0.4) is 0 Å². The summed E-state index contributed by atoms with van der Waals surface area (Å²) >= 11 is 5.91. The first-order valence-corrected chi connectivity index (χ1v) is 10.1. The Labute approximate surface area is 146 Å². The number of aromatic nitrogens is 2. The lowest BCUT2D eigenvalue weighted by atomic mass is 10.2. The third-order valence-corrected chi connectivity index (χ3v) is 5.19. The molecule has 3 rings (SSSR count). The van der Waals surface area contributed by atoms with Gasteiger partial charge in [-0.3, -0.25) is 9.58 Å². The van der Waals surface area contributed by atoms with Crippen LogP contribution in [0.4, 0.5) is 0 Å². The second-order valence-corrected chi connectivity index (χ2v) is 8.85. The highest BCUT2D eigenvalue weighted by atomic mass is 35.5. The molecule has 1 N–H and O–H groups in total. The number of nitrogens with zero attached hydrogens (tertiary/aromatic N) is 3. The maximum Gasteiger partial charge on any atom is 0.150 e. The van der Waals surface area contributed by atoms with Gasteiger partial charge in [0.1, 0.15) is 15.9 Å². The standard InChI is InChI=1S/C16H20ClN3O3S/c1-24(22,23)11-16(21)15-8-14-10-19(6-7-20(14)18-15)9-12-2-4-13(17)5-3-12/h2-5,8,16,21H,6-7,9-11H2,1H3. The summed E-state index contributed by atoms with van der Waals surface area (Å²) in [6, 6.07) is 9.57. The fourth-order valence-corrected chi connectivity index (χ4v) is 3.73. The van der Waals surface area contributed by atoms with Crippen LogP contribution in [0.2, 0.25) is 5.02 Å². The molecule has 0 radical (unpaired) electrons. The molecule has 0 saturated heterocycles. The topological polar surface area (TPSA) is 75.4 Å². The Balaban J connectivity index is 1.68. The Bertz CT molecular complexity index is 818. The predicted octanol–water partition coefficient (Wildman–Crippen LogP) is 1.63. The van der Waals surface area contributed by atoms with Crippen LogP contribution in [0.1, 0.15) is 23.1 Å². The first-order chi connectivity index (χ1) is 11.3. The molecule has 6 nitrogen and oxygen atoms in total. The molecule has 1 aliphatic rings. The predicted molar refractivity (Wildman–Crippen MR) is 92.5 cm³/mol. The van der Waals surface area contributed by atoms with E-state index in [9.17, 15) is 13.5 Å². The molecule has 0 bridgehead atoms. The molecule has 0 spiro atoms. The lowest BCUT2D eigenvalue weighted by molar-refractivity contribution is 0.191. The lowest BCUT2D eigenvalue weighted by Crippen LogP contribution is -2.33. The number of benzene rings is 1. The molecule has 1 aromatic carbocycles. The van der Waals surface area contributed by atoms with Gasteiger partial charge < -0.3 is 5.11 Å². The van der Waals surface area contributed by atoms with E-state index in [1.54, 1.807) is 6.07 Å². The molecule has 1 aromatic heterocycles. The van der Waals surface area contributed by atoms with Crippen molar-refractivity contribution in [1.29, 1.82) is 0 Å². The highest BCUT2D eigenvalue weighted by Crippen LogP contribution is 2.21. The summed E-state index contributed by atoms with van der Waals surface area (Å²) in [5, 5.41) is 15.1. The van der Waals surface area contributed by atoms with E-state index >= 15 is 0 Å². The molecule has 8 heteroatoms. The number of hydrogen-bond donors (Lipinski definition) is 1. The van der Waals surface area contributed by atoms with E-state index in [2.05, 4.69) is 10.00 Å². The van der Waals surface area contributed by atoms with Gasteiger partial charge in [-0.15, -0.1) is 0 Å². The zero-order chi connectivity index (χ0) is 17.3. The Morgan fingerprint density at radius 1 is 1.29 bits per heavy atom. The zero-order valence-corrected chi connectivity index (χ0v) is 15.0. The van der Waals surface area contributed by atoms with Crippen molar-refractivity contribution in [2.45, 2.75) is 25.7 Å². The summed E-state index contributed by atoms with van der Waals surface area (Å²) in [5.74, 6) is -0.308. The zero-order valence-electron chi connectivity index (χ0n) is 13.4. The summed E-state index contributed by atoms with van der Waals surface area (Å²) in [6.07, 6.45) is 0.0304. The molecule has 0 amide bonds. The summed E-state index contributed by atoms with van der Waals surface area (Å²) in [7, 11) is -3.25. The minimum absolute atomic E-state index is 0.308. The lowest BCUT2D eigenvalue weighted by Gasteiger charge is -2.27. The SMILES string of the molecule is CS(=O)(=O)CC(O)c1cc2n(n1)CCN(Cc1ccc(Cl)cc1)C2. The van der Waals surface area contributed by atoms with Crippen molar-refractivity contribution in [3.8, 4) is 0 Å². The van der Waals surface area contributed by atoms with Crippen LogP contribution in [0, 0.1) is 0 Å². The van der Waals surface area contributed by atoms with E-state index in [-0.39, 0.29) is 5.75 Å². The Kier molecular flexibility index (Phi) is 4.96. The quantitative estimate of drug-likeness (QED) is 0.867. The largest absolute Gasteiger partial charge is 0.386 e. The summed E-state index contributed by atoms with van der Waals surface area (Å²) < 4.78 is 24.5. The molecule has 0 fully saturated rings. The van der Waals surface area contributed by atoms with Gasteiger partial charge in [0.15, 0.2) is 0 Å². The molecule has 24 heavy (non-hydrogen) atoms. The Morgan fingerprint density at radius 2 is 2.00 bits per heavy atom. The van der Waals surface area contributed by atoms with Crippen LogP contribution in [0.25, 0.3) is 0 Å². The van der Waals surface area contributed by atoms with E-state index in [1.165, 1.54) is 5.56 Å². The highest BCUT2D eigenvalue weighted by Gasteiger charge is 2.23. The number of aliphatic hydroxyl groups is 1. The van der Waals surface area contributed by atoms with E-state index in [0.29, 0.717) is 18.8 Å². The molecule has 0 aliphatic carbocycles. The fourth-order valence-electron chi connectivity index (χ4n) is 2.86. The van der Waals surface area contributed by atoms with Crippen molar-refractivity contribution in [2.24, 2.45) is 0 Å². The molecular weight excluding hydrogens is 350 g/mol. The fraction of sp³-hybridized carbons (Fsp3) is 0.438. The van der Waals surface area contributed by atoms with Crippen molar-refractivity contribution in [1.82, 2.24) is 14.7 Å². The van der Waals surface area contributed by atoms with Crippen molar-refractivity contribution >= 4 is 21.4 Å². The third kappa shape index (κ3) is 4.36. The Hall–Kier alpha value is -1.41. The normalized spacial score (nSPS) is 16.8. The van der Waals surface area contributed by atoms with Crippen molar-refractivity contribution < 1.29 is 13.5 Å². The third-order valence-electron chi connectivity index (χ3n) is 4.02. The second kappa shape index (κ2) is 6.84. The molecule has 1 unspecified atom stereocenters. The smallest absolute Gasteiger partial charge is 0.150 e. The first kappa shape index (κ1) is 17.4. The number of halogens is 1. The summed E-state index contributed by atoms with van der Waals surface area (Å²) in [6.45, 7) is 3.08. The van der Waals surface area contributed by atoms with Gasteiger partial charge in [0, 0.05) is 30.9 Å². The number of rotatable bonds is 5. The maximum absolute atomic E-state index is 11.3. The van der Waals surface area contributed by atoms with Crippen molar-refractivity contribution in [2.75, 3.05) is 18.6 Å². The maximum atomic E-state index is 11.3. The van der Waals surface area contributed by atoms with Crippen molar-refractivity contribution in [3.05, 3.63) is 52.3 Å². The molecule has 0 saturated carbocycles. The number of sulfone groups is 1. The van der Waals surface area contributed by atoms with Gasteiger partial charge in [-0.1, -0.05) is 23.7 Å². The molecule has 130 valence electrons. The Morgan fingerprint density at radius 3 is 2.67 bits per heavy atom. The highest BCUT2D eigenvalue weighted by molar-refractivity contribution is 7.90. The number of fused-ring (bicyclic) bond motifs is 1. The van der Waals surface area contributed by atoms with E-state index in [4.69, 9.17) is 11.6 Å². The van der Waals surface area contributed by atoms with Crippen LogP contribution in [-0.4, -0.2) is 46.8 Å². The van der Waals surface area contributed by atoms with Gasteiger partial charge >= 0.3 is 0 Å². The molecule has 1 atom stereocenters. The molecule has 2 heterocycles. The number of aliphatic hydroxyl groups excluding tert-OH is 1. The van der Waals surface area contributed by atoms with Crippen LogP contribution < -0.4 is 0 Å². The minimum Gasteiger partial charge on any atom is -0.386 e. The van der Waals surface area contributed by atoms with E-state index in [0.717, 1.165) is 30.1 Å². The van der Waals surface area contributed by atoms with Crippen LogP contribution in [0.5, 0.6) is 0 Å². The van der Waals surface area contributed by atoms with Gasteiger partial charge in [0.05, 0.1) is 23.7 Å². The minimum atomic E-state index is -3.25. The monoisotopic (exact) mass is 369 g/mol. The van der Waals surface area contributed by atoms with Gasteiger partial charge in [-0.25, -0.2) is 8.42 Å². The average Bonchev–Trinajstić information content (AvgIpc) is 2.91. The van der Waals surface area contributed by atoms with Gasteiger partial charge in [0.25, 0.3) is 0 Å². The number of hydrogen-bond acceptors (Lipinski definition) is 5. The first-order valence-electron chi connectivity index (χ1n) is 7.69. The van der Waals surface area contributed by atoms with Crippen molar-refractivity contribution in [3.63, 3.8) is 0 Å². The summed E-state index contributed by atoms with van der Waals surface area (Å²) in [4.78, 5) is 2.28. The van der Waals surface area contributed by atoms with Crippen LogP contribution in [-0.2, 0) is 29.5 Å². The summed E-state index contributed by atoms with van der Waals surface area (Å²) in [5.41, 5.74) is 2.59. The molecular formula is C16H20ClN3O3S. The van der Waals surface area contributed by atoms with Gasteiger partial charge in [0.2, 0.25) is 0 Å². The molecule has 2 aromatic rings. The van der Waals surface area contributed by atoms with E-state index in [1.807, 2.05) is 28.9 Å².